The minimum atomic E-state index is 0.0729. The van der Waals surface area contributed by atoms with E-state index in [-0.39, 0.29) is 17.7 Å². The molecule has 2 N–H and O–H groups in total. The molecule has 0 radical (unpaired) electrons. The van der Waals surface area contributed by atoms with Crippen LogP contribution in [0.3, 0.4) is 0 Å². The summed E-state index contributed by atoms with van der Waals surface area (Å²) in [5.41, 5.74) is 1.07. The summed E-state index contributed by atoms with van der Waals surface area (Å²) in [5, 5.41) is 7.68. The lowest BCUT2D eigenvalue weighted by atomic mass is 10.1. The summed E-state index contributed by atoms with van der Waals surface area (Å²) in [5.74, 6) is 0.495. The standard InChI is InChI=1S/C17H23Cl2N3O/c18-13-8-12(9-14(19)10-13)15-11-16(15)17(23)21-2-1-5-22-6-3-20-4-7-22/h8-10,15-16,20H,1-7,11H2,(H,21,23). The van der Waals surface area contributed by atoms with Gasteiger partial charge in [0.2, 0.25) is 5.91 Å². The predicted octanol–water partition coefficient (Wildman–Crippen LogP) is 2.51. The Balaban J connectivity index is 1.38. The van der Waals surface area contributed by atoms with E-state index in [2.05, 4.69) is 15.5 Å². The lowest BCUT2D eigenvalue weighted by Gasteiger charge is -2.27. The zero-order valence-corrected chi connectivity index (χ0v) is 14.7. The molecule has 2 aliphatic rings. The van der Waals surface area contributed by atoms with E-state index in [9.17, 15) is 4.79 Å². The molecule has 1 aliphatic carbocycles. The Bertz CT molecular complexity index is 541. The molecule has 1 aromatic carbocycles. The fourth-order valence-corrected chi connectivity index (χ4v) is 3.77. The van der Waals surface area contributed by atoms with E-state index in [0.717, 1.165) is 57.7 Å². The number of nitrogens with one attached hydrogen (secondary N) is 2. The number of hydrogen-bond acceptors (Lipinski definition) is 3. The molecule has 1 aliphatic heterocycles. The average molecular weight is 356 g/mol. The first-order valence-corrected chi connectivity index (χ1v) is 9.06. The highest BCUT2D eigenvalue weighted by Crippen LogP contribution is 2.48. The molecule has 1 amide bonds. The number of benzene rings is 1. The Morgan fingerprint density at radius 1 is 1.22 bits per heavy atom. The maximum atomic E-state index is 12.2. The van der Waals surface area contributed by atoms with Crippen LogP contribution in [0.15, 0.2) is 18.2 Å². The quantitative estimate of drug-likeness (QED) is 0.770. The normalized spacial score (nSPS) is 24.4. The average Bonchev–Trinajstić information content (AvgIpc) is 3.32. The monoisotopic (exact) mass is 355 g/mol. The zero-order valence-electron chi connectivity index (χ0n) is 13.2. The number of halogens is 2. The van der Waals surface area contributed by atoms with Gasteiger partial charge in [-0.15, -0.1) is 0 Å². The summed E-state index contributed by atoms with van der Waals surface area (Å²) in [4.78, 5) is 14.7. The number of piperazine rings is 1. The molecule has 1 saturated carbocycles. The van der Waals surface area contributed by atoms with Crippen molar-refractivity contribution in [3.05, 3.63) is 33.8 Å². The first kappa shape index (κ1) is 17.0. The molecule has 0 bridgehead atoms. The van der Waals surface area contributed by atoms with Crippen molar-refractivity contribution in [1.29, 1.82) is 0 Å². The van der Waals surface area contributed by atoms with Gasteiger partial charge in [0.05, 0.1) is 0 Å². The third kappa shape index (κ3) is 4.83. The van der Waals surface area contributed by atoms with Crippen LogP contribution in [0.2, 0.25) is 10.0 Å². The number of rotatable bonds is 6. The summed E-state index contributed by atoms with van der Waals surface area (Å²) < 4.78 is 0. The van der Waals surface area contributed by atoms with Crippen molar-refractivity contribution >= 4 is 29.1 Å². The number of amides is 1. The second kappa shape index (κ2) is 7.84. The largest absolute Gasteiger partial charge is 0.356 e. The van der Waals surface area contributed by atoms with Crippen LogP contribution in [0.25, 0.3) is 0 Å². The van der Waals surface area contributed by atoms with Crippen LogP contribution >= 0.6 is 23.2 Å². The van der Waals surface area contributed by atoms with E-state index < -0.39 is 0 Å². The Kier molecular flexibility index (Phi) is 5.81. The molecule has 126 valence electrons. The van der Waals surface area contributed by atoms with Crippen molar-refractivity contribution in [1.82, 2.24) is 15.5 Å². The van der Waals surface area contributed by atoms with Crippen molar-refractivity contribution in [3.8, 4) is 0 Å². The van der Waals surface area contributed by atoms with Crippen LogP contribution in [0.4, 0.5) is 0 Å². The molecule has 6 heteroatoms. The van der Waals surface area contributed by atoms with Gasteiger partial charge in [-0.2, -0.15) is 0 Å². The molecule has 0 aromatic heterocycles. The van der Waals surface area contributed by atoms with Gasteiger partial charge in [0.15, 0.2) is 0 Å². The summed E-state index contributed by atoms with van der Waals surface area (Å²) >= 11 is 12.1. The van der Waals surface area contributed by atoms with Gasteiger partial charge >= 0.3 is 0 Å². The summed E-state index contributed by atoms with van der Waals surface area (Å²) in [6, 6.07) is 5.55. The topological polar surface area (TPSA) is 44.4 Å². The molecule has 0 spiro atoms. The van der Waals surface area contributed by atoms with Gasteiger partial charge in [-0.05, 0) is 49.1 Å². The van der Waals surface area contributed by atoms with Gasteiger partial charge in [0.25, 0.3) is 0 Å². The van der Waals surface area contributed by atoms with Gasteiger partial charge in [0, 0.05) is 48.7 Å². The van der Waals surface area contributed by atoms with E-state index in [1.165, 1.54) is 0 Å². The van der Waals surface area contributed by atoms with Gasteiger partial charge in [-0.3, -0.25) is 4.79 Å². The van der Waals surface area contributed by atoms with E-state index in [1.807, 2.05) is 12.1 Å². The van der Waals surface area contributed by atoms with Crippen molar-refractivity contribution in [2.24, 2.45) is 5.92 Å². The second-order valence-electron chi connectivity index (χ2n) is 6.39. The highest BCUT2D eigenvalue weighted by molar-refractivity contribution is 6.34. The van der Waals surface area contributed by atoms with Crippen LogP contribution in [0.1, 0.15) is 24.3 Å². The summed E-state index contributed by atoms with van der Waals surface area (Å²) in [7, 11) is 0. The first-order chi connectivity index (χ1) is 11.1. The molecule has 1 aromatic rings. The lowest BCUT2D eigenvalue weighted by molar-refractivity contribution is -0.122. The maximum absolute atomic E-state index is 12.2. The molecule has 2 unspecified atom stereocenters. The summed E-state index contributed by atoms with van der Waals surface area (Å²) in [6.07, 6.45) is 1.90. The minimum Gasteiger partial charge on any atom is -0.356 e. The Morgan fingerprint density at radius 2 is 1.91 bits per heavy atom. The molecular weight excluding hydrogens is 333 g/mol. The Hall–Kier alpha value is -0.810. The molecule has 3 rings (SSSR count). The first-order valence-electron chi connectivity index (χ1n) is 8.30. The Morgan fingerprint density at radius 3 is 2.61 bits per heavy atom. The third-order valence-electron chi connectivity index (χ3n) is 4.60. The van der Waals surface area contributed by atoms with Crippen molar-refractivity contribution in [2.45, 2.75) is 18.8 Å². The van der Waals surface area contributed by atoms with Crippen LogP contribution in [0, 0.1) is 5.92 Å². The lowest BCUT2D eigenvalue weighted by Crippen LogP contribution is -2.44. The van der Waals surface area contributed by atoms with E-state index >= 15 is 0 Å². The van der Waals surface area contributed by atoms with Crippen molar-refractivity contribution in [2.75, 3.05) is 39.3 Å². The van der Waals surface area contributed by atoms with E-state index in [4.69, 9.17) is 23.2 Å². The van der Waals surface area contributed by atoms with Crippen LogP contribution in [-0.4, -0.2) is 50.1 Å². The molecule has 23 heavy (non-hydrogen) atoms. The second-order valence-corrected chi connectivity index (χ2v) is 7.26. The van der Waals surface area contributed by atoms with Crippen molar-refractivity contribution in [3.63, 3.8) is 0 Å². The SMILES string of the molecule is O=C(NCCCN1CCNCC1)C1CC1c1cc(Cl)cc(Cl)c1. The van der Waals surface area contributed by atoms with Crippen LogP contribution < -0.4 is 10.6 Å². The number of hydrogen-bond donors (Lipinski definition) is 2. The zero-order chi connectivity index (χ0) is 16.2. The third-order valence-corrected chi connectivity index (χ3v) is 5.04. The van der Waals surface area contributed by atoms with Crippen molar-refractivity contribution < 1.29 is 4.79 Å². The smallest absolute Gasteiger partial charge is 0.223 e. The number of nitrogens with zero attached hydrogens (tertiary/aromatic N) is 1. The highest BCUT2D eigenvalue weighted by atomic mass is 35.5. The maximum Gasteiger partial charge on any atom is 0.223 e. The molecule has 2 fully saturated rings. The summed E-state index contributed by atoms with van der Waals surface area (Å²) in [6.45, 7) is 6.15. The Labute approximate surface area is 147 Å². The van der Waals surface area contributed by atoms with Gasteiger partial charge in [-0.25, -0.2) is 0 Å². The molecule has 4 nitrogen and oxygen atoms in total. The molecule has 1 heterocycles. The fraction of sp³-hybridized carbons (Fsp3) is 0.588. The van der Waals surface area contributed by atoms with Gasteiger partial charge < -0.3 is 15.5 Å². The fourth-order valence-electron chi connectivity index (χ4n) is 3.22. The van der Waals surface area contributed by atoms with Gasteiger partial charge in [-0.1, -0.05) is 23.2 Å². The van der Waals surface area contributed by atoms with Crippen LogP contribution in [-0.2, 0) is 4.79 Å². The highest BCUT2D eigenvalue weighted by Gasteiger charge is 2.43. The molecule has 1 saturated heterocycles. The predicted molar refractivity (Wildman–Crippen MR) is 94.2 cm³/mol. The molecular formula is C17H23Cl2N3O. The minimum absolute atomic E-state index is 0.0729. The van der Waals surface area contributed by atoms with E-state index in [0.29, 0.717) is 10.0 Å². The van der Waals surface area contributed by atoms with Gasteiger partial charge in [0.1, 0.15) is 0 Å². The number of carbonyl (C=O) groups excluding carboxylic acids is 1. The molecule has 2 atom stereocenters. The van der Waals surface area contributed by atoms with E-state index in [1.54, 1.807) is 6.07 Å². The number of carbonyl (C=O) groups is 1. The van der Waals surface area contributed by atoms with Crippen LogP contribution in [0.5, 0.6) is 0 Å².